The summed E-state index contributed by atoms with van der Waals surface area (Å²) in [5, 5.41) is 12.8. The fourth-order valence-corrected chi connectivity index (χ4v) is 4.53. The molecule has 1 aliphatic carbocycles. The van der Waals surface area contributed by atoms with Gasteiger partial charge in [0.15, 0.2) is 0 Å². The quantitative estimate of drug-likeness (QED) is 0.345. The number of methoxy groups -OCH3 is 1. The number of rotatable bonds is 8. The number of aliphatic carboxylic acids is 1. The molecule has 216 valence electrons. The first-order chi connectivity index (χ1) is 18.4. The number of carbonyl (C=O) groups is 5. The van der Waals surface area contributed by atoms with E-state index in [4.69, 9.17) is 20.4 Å². The molecule has 1 aromatic rings. The molecule has 11 nitrogen and oxygen atoms in total. The lowest BCUT2D eigenvalue weighted by molar-refractivity contribution is -0.192. The largest absolute Gasteiger partial charge is 0.490 e. The molecule has 3 rings (SSSR count). The Hall–Kier alpha value is -3.68. The third kappa shape index (κ3) is 9.23. The number of benzene rings is 1. The minimum absolute atomic E-state index is 0.0389. The zero-order valence-electron chi connectivity index (χ0n) is 21.5. The number of amides is 3. The predicted molar refractivity (Wildman–Crippen MR) is 131 cm³/mol. The van der Waals surface area contributed by atoms with E-state index < -0.39 is 36.1 Å². The molecule has 1 aliphatic heterocycles. The number of alkyl halides is 3. The third-order valence-electron chi connectivity index (χ3n) is 6.47. The smallest absolute Gasteiger partial charge is 0.475 e. The van der Waals surface area contributed by atoms with Crippen molar-refractivity contribution >= 4 is 29.7 Å². The number of nitrogens with zero attached hydrogens (tertiary/aromatic N) is 1. The molecular formula is C25H33F3N4O7. The number of hydrogen-bond donors (Lipinski definition) is 4. The second-order valence-corrected chi connectivity index (χ2v) is 9.09. The van der Waals surface area contributed by atoms with Crippen molar-refractivity contribution in [3.63, 3.8) is 0 Å². The highest BCUT2D eigenvalue weighted by Gasteiger charge is 2.38. The molecule has 0 spiro atoms. The first-order valence-electron chi connectivity index (χ1n) is 12.4. The van der Waals surface area contributed by atoms with Gasteiger partial charge in [0.2, 0.25) is 17.7 Å². The second-order valence-electron chi connectivity index (χ2n) is 9.09. The van der Waals surface area contributed by atoms with E-state index in [-0.39, 0.29) is 37.2 Å². The second kappa shape index (κ2) is 14.5. The molecule has 2 aliphatic rings. The lowest BCUT2D eigenvalue weighted by Gasteiger charge is -2.35. The Labute approximate surface area is 223 Å². The number of piperidine rings is 1. The molecule has 3 amide bonds. The van der Waals surface area contributed by atoms with E-state index >= 15 is 0 Å². The SMILES string of the molecule is COC(=O)[C@H](CCC(=O)N[C@@H]1CCc2ccccc21)NC(=O)[C@@H]1CCCCN1C(=O)CN.O=C(O)C(F)(F)F. The summed E-state index contributed by atoms with van der Waals surface area (Å²) in [6.07, 6.45) is -1.03. The van der Waals surface area contributed by atoms with Crippen molar-refractivity contribution in [2.75, 3.05) is 20.2 Å². The normalized spacial score (nSPS) is 19.1. The third-order valence-corrected chi connectivity index (χ3v) is 6.47. The van der Waals surface area contributed by atoms with Crippen LogP contribution in [-0.4, -0.2) is 78.1 Å². The van der Waals surface area contributed by atoms with Crippen LogP contribution in [0, 0.1) is 0 Å². The molecule has 14 heteroatoms. The molecule has 1 aromatic carbocycles. The lowest BCUT2D eigenvalue weighted by atomic mass is 10.0. The number of halogens is 3. The van der Waals surface area contributed by atoms with Crippen LogP contribution in [0.1, 0.15) is 55.7 Å². The van der Waals surface area contributed by atoms with E-state index in [1.807, 2.05) is 18.2 Å². The minimum atomic E-state index is -5.08. The van der Waals surface area contributed by atoms with Crippen molar-refractivity contribution in [2.24, 2.45) is 5.73 Å². The van der Waals surface area contributed by atoms with E-state index in [0.717, 1.165) is 31.2 Å². The zero-order valence-corrected chi connectivity index (χ0v) is 21.5. The Balaban J connectivity index is 0.000000673. The maximum absolute atomic E-state index is 12.9. The van der Waals surface area contributed by atoms with Crippen LogP contribution in [-0.2, 0) is 35.1 Å². The Morgan fingerprint density at radius 2 is 1.82 bits per heavy atom. The van der Waals surface area contributed by atoms with Crippen LogP contribution < -0.4 is 16.4 Å². The molecule has 3 atom stereocenters. The number of esters is 1. The number of fused-ring (bicyclic) bond motifs is 1. The molecule has 0 unspecified atom stereocenters. The number of likely N-dealkylation sites (tertiary alicyclic amines) is 1. The number of carboxylic acids is 1. The molecular weight excluding hydrogens is 525 g/mol. The predicted octanol–water partition coefficient (Wildman–Crippen LogP) is 1.20. The molecule has 39 heavy (non-hydrogen) atoms. The van der Waals surface area contributed by atoms with Gasteiger partial charge in [-0.2, -0.15) is 13.2 Å². The Bertz CT molecular complexity index is 1050. The first-order valence-corrected chi connectivity index (χ1v) is 12.4. The Kier molecular flexibility index (Phi) is 11.7. The van der Waals surface area contributed by atoms with Gasteiger partial charge in [0.1, 0.15) is 12.1 Å². The number of carboxylic acid groups (broad SMARTS) is 1. The van der Waals surface area contributed by atoms with Gasteiger partial charge in [-0.1, -0.05) is 24.3 Å². The van der Waals surface area contributed by atoms with E-state index in [0.29, 0.717) is 13.0 Å². The minimum Gasteiger partial charge on any atom is -0.475 e. The standard InChI is InChI=1S/C23H32N4O5.C2HF3O2/c1-32-23(31)18(26-22(30)19-8-4-5-13-27(19)21(29)14-24)11-12-20(28)25-17-10-9-15-6-2-3-7-16(15)17;3-2(4,5)1(6)7/h2-3,6-7,17-19H,4-5,8-14,24H2,1H3,(H,25,28)(H,26,30);(H,6,7)/t17-,18+,19+;/m1./s1. The topological polar surface area (TPSA) is 168 Å². The maximum atomic E-state index is 12.9. The molecule has 5 N–H and O–H groups in total. The monoisotopic (exact) mass is 558 g/mol. The number of nitrogens with two attached hydrogens (primary N) is 1. The summed E-state index contributed by atoms with van der Waals surface area (Å²) in [6, 6.07) is 6.35. The first kappa shape index (κ1) is 31.5. The highest BCUT2D eigenvalue weighted by Crippen LogP contribution is 2.30. The van der Waals surface area contributed by atoms with Gasteiger partial charge in [-0.25, -0.2) is 9.59 Å². The van der Waals surface area contributed by atoms with Crippen LogP contribution >= 0.6 is 0 Å². The summed E-state index contributed by atoms with van der Waals surface area (Å²) < 4.78 is 36.6. The van der Waals surface area contributed by atoms with Gasteiger partial charge in [-0.05, 0) is 49.7 Å². The van der Waals surface area contributed by atoms with Gasteiger partial charge in [0.05, 0.1) is 19.7 Å². The molecule has 1 saturated heterocycles. The summed E-state index contributed by atoms with van der Waals surface area (Å²) in [5.41, 5.74) is 7.84. The van der Waals surface area contributed by atoms with Gasteiger partial charge < -0.3 is 31.1 Å². The molecule has 0 bridgehead atoms. The van der Waals surface area contributed by atoms with Crippen LogP contribution in [0.25, 0.3) is 0 Å². The van der Waals surface area contributed by atoms with Crippen molar-refractivity contribution in [3.8, 4) is 0 Å². The molecule has 0 saturated carbocycles. The molecule has 1 heterocycles. The van der Waals surface area contributed by atoms with Gasteiger partial charge in [-0.15, -0.1) is 0 Å². The highest BCUT2D eigenvalue weighted by atomic mass is 19.4. The van der Waals surface area contributed by atoms with Gasteiger partial charge in [0, 0.05) is 13.0 Å². The fourth-order valence-electron chi connectivity index (χ4n) is 4.53. The number of ether oxygens (including phenoxy) is 1. The van der Waals surface area contributed by atoms with E-state index in [9.17, 15) is 32.3 Å². The highest BCUT2D eigenvalue weighted by molar-refractivity contribution is 5.91. The summed E-state index contributed by atoms with van der Waals surface area (Å²) in [6.45, 7) is 0.289. The summed E-state index contributed by atoms with van der Waals surface area (Å²) >= 11 is 0. The van der Waals surface area contributed by atoms with Crippen molar-refractivity contribution < 1.29 is 47.0 Å². The average Bonchev–Trinajstić information content (AvgIpc) is 3.32. The number of aryl methyl sites for hydroxylation is 1. The van der Waals surface area contributed by atoms with Crippen molar-refractivity contribution in [3.05, 3.63) is 35.4 Å². The number of nitrogens with one attached hydrogen (secondary N) is 2. The molecule has 0 aromatic heterocycles. The summed E-state index contributed by atoms with van der Waals surface area (Å²) in [7, 11) is 1.24. The zero-order chi connectivity index (χ0) is 29.2. The fraction of sp³-hybridized carbons (Fsp3) is 0.560. The van der Waals surface area contributed by atoms with E-state index in [1.165, 1.54) is 17.6 Å². The van der Waals surface area contributed by atoms with Crippen LogP contribution in [0.4, 0.5) is 13.2 Å². The summed E-state index contributed by atoms with van der Waals surface area (Å²) in [5.74, 6) is -4.28. The number of hydrogen-bond acceptors (Lipinski definition) is 7. The van der Waals surface area contributed by atoms with E-state index in [1.54, 1.807) is 0 Å². The van der Waals surface area contributed by atoms with Crippen molar-refractivity contribution in [2.45, 2.75) is 69.2 Å². The number of carbonyl (C=O) groups excluding carboxylic acids is 4. The van der Waals surface area contributed by atoms with Gasteiger partial charge in [-0.3, -0.25) is 14.4 Å². The maximum Gasteiger partial charge on any atom is 0.490 e. The van der Waals surface area contributed by atoms with Crippen molar-refractivity contribution in [1.82, 2.24) is 15.5 Å². The van der Waals surface area contributed by atoms with Crippen LogP contribution in [0.5, 0.6) is 0 Å². The van der Waals surface area contributed by atoms with E-state index in [2.05, 4.69) is 16.7 Å². The molecule has 1 fully saturated rings. The van der Waals surface area contributed by atoms with Crippen LogP contribution in [0.2, 0.25) is 0 Å². The lowest BCUT2D eigenvalue weighted by Crippen LogP contribution is -2.56. The molecule has 0 radical (unpaired) electrons. The van der Waals surface area contributed by atoms with Gasteiger partial charge in [0.25, 0.3) is 0 Å². The van der Waals surface area contributed by atoms with Crippen molar-refractivity contribution in [1.29, 1.82) is 0 Å². The average molecular weight is 559 g/mol. The van der Waals surface area contributed by atoms with Crippen LogP contribution in [0.3, 0.4) is 0 Å². The summed E-state index contributed by atoms with van der Waals surface area (Å²) in [4.78, 5) is 60.1. The Morgan fingerprint density at radius 3 is 2.44 bits per heavy atom. The van der Waals surface area contributed by atoms with Gasteiger partial charge >= 0.3 is 18.1 Å². The van der Waals surface area contributed by atoms with Crippen LogP contribution in [0.15, 0.2) is 24.3 Å². The Morgan fingerprint density at radius 1 is 1.15 bits per heavy atom.